The van der Waals surface area contributed by atoms with Crippen molar-refractivity contribution in [2.75, 3.05) is 27.1 Å². The Kier molecular flexibility index (Phi) is 10.8. The fourth-order valence-corrected chi connectivity index (χ4v) is 7.63. The minimum atomic E-state index is -1.93. The highest BCUT2D eigenvalue weighted by Gasteiger charge is 2.67. The molecule has 0 saturated heterocycles. The Morgan fingerprint density at radius 1 is 1.24 bits per heavy atom. The van der Waals surface area contributed by atoms with Crippen LogP contribution in [0.4, 0.5) is 0 Å². The zero-order valence-electron chi connectivity index (χ0n) is 25.5. The molecule has 0 aliphatic heterocycles. The first-order valence-corrected chi connectivity index (χ1v) is 17.8. The highest BCUT2D eigenvalue weighted by Crippen LogP contribution is 2.69. The van der Waals surface area contributed by atoms with Crippen LogP contribution in [0.1, 0.15) is 92.4 Å². The molecule has 38 heavy (non-hydrogen) atoms. The average Bonchev–Trinajstić information content (AvgIpc) is 3.51. The van der Waals surface area contributed by atoms with Crippen molar-refractivity contribution in [2.24, 2.45) is 29.1 Å². The van der Waals surface area contributed by atoms with E-state index in [4.69, 9.17) is 13.9 Å². The Morgan fingerprint density at radius 2 is 1.97 bits per heavy atom. The molecule has 2 fully saturated rings. The van der Waals surface area contributed by atoms with E-state index in [1.165, 1.54) is 0 Å². The molecule has 1 unspecified atom stereocenters. The third-order valence-electron chi connectivity index (χ3n) is 10.1. The average molecular weight is 547 g/mol. The number of hydrogen-bond acceptors (Lipinski definition) is 5. The predicted molar refractivity (Wildman–Crippen MR) is 156 cm³/mol. The van der Waals surface area contributed by atoms with Crippen molar-refractivity contribution in [3.63, 3.8) is 0 Å². The molecule has 5 atom stereocenters. The first kappa shape index (κ1) is 31.4. The lowest BCUT2D eigenvalue weighted by molar-refractivity contribution is -0.127. The van der Waals surface area contributed by atoms with Gasteiger partial charge in [0.1, 0.15) is 18.4 Å². The van der Waals surface area contributed by atoms with Crippen LogP contribution in [0.15, 0.2) is 23.3 Å². The number of ketones is 2. The van der Waals surface area contributed by atoms with Gasteiger partial charge in [0.15, 0.2) is 8.32 Å². The predicted octanol–water partition coefficient (Wildman–Crippen LogP) is 7.66. The van der Waals surface area contributed by atoms with Crippen LogP contribution in [0.3, 0.4) is 0 Å². The van der Waals surface area contributed by atoms with Gasteiger partial charge in [0.25, 0.3) is 0 Å². The van der Waals surface area contributed by atoms with Crippen LogP contribution < -0.4 is 0 Å². The van der Waals surface area contributed by atoms with Gasteiger partial charge in [-0.15, -0.1) is 0 Å². The summed E-state index contributed by atoms with van der Waals surface area (Å²) in [6.45, 7) is 17.2. The molecule has 0 N–H and O–H groups in total. The number of fused-ring (bicyclic) bond motifs is 1. The maximum atomic E-state index is 13.9. The van der Waals surface area contributed by atoms with E-state index in [0.717, 1.165) is 50.5 Å². The normalized spacial score (nSPS) is 28.4. The van der Waals surface area contributed by atoms with Crippen molar-refractivity contribution < 1.29 is 23.5 Å². The van der Waals surface area contributed by atoms with Gasteiger partial charge in [0.2, 0.25) is 0 Å². The molecule has 3 rings (SSSR count). The lowest BCUT2D eigenvalue weighted by Crippen LogP contribution is -2.43. The zero-order valence-corrected chi connectivity index (χ0v) is 26.5. The van der Waals surface area contributed by atoms with E-state index in [2.05, 4.69) is 52.9 Å². The molecule has 2 saturated carbocycles. The summed E-state index contributed by atoms with van der Waals surface area (Å²) in [5.74, 6) is 1.77. The number of hydrogen-bond donors (Lipinski definition) is 0. The van der Waals surface area contributed by atoms with Gasteiger partial charge in [-0.2, -0.15) is 0 Å². The maximum absolute atomic E-state index is 13.9. The summed E-state index contributed by atoms with van der Waals surface area (Å²) in [4.78, 5) is 26.6. The largest absolute Gasteiger partial charge is 0.417 e. The van der Waals surface area contributed by atoms with Crippen molar-refractivity contribution in [2.45, 2.75) is 111 Å². The number of methoxy groups -OCH3 is 1. The Hall–Kier alpha value is -1.08. The molecular formula is C32H54O5Si. The fraction of sp³-hybridized carbons (Fsp3) is 0.812. The maximum Gasteiger partial charge on any atom is 0.191 e. The second-order valence-electron chi connectivity index (χ2n) is 13.9. The summed E-state index contributed by atoms with van der Waals surface area (Å²) in [5.41, 5.74) is 2.87. The van der Waals surface area contributed by atoms with Crippen molar-refractivity contribution in [3.05, 3.63) is 23.3 Å². The molecule has 0 aromatic heterocycles. The summed E-state index contributed by atoms with van der Waals surface area (Å²) in [6.07, 6.45) is 12.4. The fourth-order valence-electron chi connectivity index (χ4n) is 6.56. The van der Waals surface area contributed by atoms with Crippen molar-refractivity contribution in [3.8, 4) is 0 Å². The third-order valence-corrected chi connectivity index (χ3v) is 14.6. The molecule has 3 aliphatic carbocycles. The zero-order chi connectivity index (χ0) is 28.1. The summed E-state index contributed by atoms with van der Waals surface area (Å²) in [7, 11) is -0.316. The van der Waals surface area contributed by atoms with Crippen LogP contribution in [0.25, 0.3) is 0 Å². The molecule has 0 spiro atoms. The standard InChI is InChI=1S/C32H54O5Si/c1-23(20-36-22-35-6)12-9-15-26(33)16-10-13-25(21-37-38(7,8)31(2,3)4)27-18-17-24-14-11-19-32(5)28(24)29(32)30(27)34/h12,14,25,27-29H,9-11,13,15-22H2,1-8H3/b23-12+/t25-,27?,28+,29+,32+/m1/s1. The Morgan fingerprint density at radius 3 is 2.66 bits per heavy atom. The molecule has 0 amide bonds. The Labute approximate surface area is 233 Å². The highest BCUT2D eigenvalue weighted by molar-refractivity contribution is 6.74. The lowest BCUT2D eigenvalue weighted by atomic mass is 9.78. The van der Waals surface area contributed by atoms with Gasteiger partial charge in [-0.3, -0.25) is 9.59 Å². The Balaban J connectivity index is 1.59. The number of carbonyl (C=O) groups excluding carboxylic acids is 2. The number of Topliss-reactive ketones (excluding diaryl/α,β-unsaturated/α-hetero) is 2. The van der Waals surface area contributed by atoms with E-state index in [1.54, 1.807) is 12.7 Å². The molecule has 0 heterocycles. The van der Waals surface area contributed by atoms with E-state index >= 15 is 0 Å². The number of allylic oxidation sites excluding steroid dienone is 3. The molecule has 0 radical (unpaired) electrons. The van der Waals surface area contributed by atoms with E-state index in [0.29, 0.717) is 43.5 Å². The minimum absolute atomic E-state index is 0.0610. The number of carbonyl (C=O) groups is 2. The van der Waals surface area contributed by atoms with E-state index in [9.17, 15) is 9.59 Å². The summed E-state index contributed by atoms with van der Waals surface area (Å²) in [6, 6.07) is 0. The van der Waals surface area contributed by atoms with Gasteiger partial charge in [-0.05, 0) is 87.3 Å². The van der Waals surface area contributed by atoms with Crippen LogP contribution in [0, 0.1) is 29.1 Å². The summed E-state index contributed by atoms with van der Waals surface area (Å²) < 4.78 is 17.0. The summed E-state index contributed by atoms with van der Waals surface area (Å²) >= 11 is 0. The quantitative estimate of drug-likeness (QED) is 0.0913. The molecular weight excluding hydrogens is 492 g/mol. The van der Waals surface area contributed by atoms with Crippen LogP contribution in [-0.2, 0) is 23.5 Å². The van der Waals surface area contributed by atoms with Gasteiger partial charge in [0.05, 0.1) is 6.61 Å². The molecule has 6 heteroatoms. The van der Waals surface area contributed by atoms with E-state index < -0.39 is 8.32 Å². The Bertz CT molecular complexity index is 898. The lowest BCUT2D eigenvalue weighted by Gasteiger charge is -2.38. The smallest absolute Gasteiger partial charge is 0.191 e. The van der Waals surface area contributed by atoms with Gasteiger partial charge >= 0.3 is 0 Å². The van der Waals surface area contributed by atoms with Gasteiger partial charge in [0, 0.05) is 38.4 Å². The van der Waals surface area contributed by atoms with Gasteiger partial charge in [-0.1, -0.05) is 51.0 Å². The first-order chi connectivity index (χ1) is 17.8. The van der Waals surface area contributed by atoms with E-state index in [1.807, 2.05) is 6.92 Å². The topological polar surface area (TPSA) is 61.8 Å². The van der Waals surface area contributed by atoms with Gasteiger partial charge < -0.3 is 13.9 Å². The number of ether oxygens (including phenoxy) is 2. The van der Waals surface area contributed by atoms with Crippen LogP contribution in [0.5, 0.6) is 0 Å². The minimum Gasteiger partial charge on any atom is -0.417 e. The van der Waals surface area contributed by atoms with Crippen molar-refractivity contribution in [1.82, 2.24) is 0 Å². The van der Waals surface area contributed by atoms with Gasteiger partial charge in [-0.25, -0.2) is 0 Å². The third kappa shape index (κ3) is 7.55. The molecule has 0 aromatic carbocycles. The second-order valence-corrected chi connectivity index (χ2v) is 18.7. The molecule has 216 valence electrons. The van der Waals surface area contributed by atoms with Crippen molar-refractivity contribution in [1.29, 1.82) is 0 Å². The van der Waals surface area contributed by atoms with Crippen LogP contribution in [0.2, 0.25) is 18.1 Å². The summed E-state index contributed by atoms with van der Waals surface area (Å²) in [5, 5.41) is 0.137. The molecule has 0 aromatic rings. The molecule has 3 aliphatic rings. The van der Waals surface area contributed by atoms with Crippen molar-refractivity contribution >= 4 is 19.9 Å². The molecule has 0 bridgehead atoms. The van der Waals surface area contributed by atoms with Crippen LogP contribution in [-0.4, -0.2) is 47.0 Å². The number of rotatable bonds is 15. The monoisotopic (exact) mass is 546 g/mol. The van der Waals surface area contributed by atoms with E-state index in [-0.39, 0.29) is 35.0 Å². The SMILES string of the molecule is COCOC/C(C)=C/CCC(=O)CCC[C@H](CO[Si](C)(C)C(C)(C)C)C1CCC2=CCC[C@]3(C)[C@H](C1=O)[C@H]23. The highest BCUT2D eigenvalue weighted by atomic mass is 28.4. The molecule has 5 nitrogen and oxygen atoms in total. The second kappa shape index (κ2) is 13.1. The van der Waals surface area contributed by atoms with Crippen LogP contribution >= 0.6 is 0 Å². The first-order valence-electron chi connectivity index (χ1n) is 14.9.